The second-order valence-electron chi connectivity index (χ2n) is 7.25. The molecule has 1 N–H and O–H groups in total. The number of amides is 1. The predicted molar refractivity (Wildman–Crippen MR) is 97.4 cm³/mol. The Kier molecular flexibility index (Phi) is 4.57. The minimum Gasteiger partial charge on any atom is -0.347 e. The minimum absolute atomic E-state index is 0.0777. The van der Waals surface area contributed by atoms with Crippen molar-refractivity contribution in [3.05, 3.63) is 52.8 Å². The van der Waals surface area contributed by atoms with Crippen LogP contribution in [0.5, 0.6) is 0 Å². The van der Waals surface area contributed by atoms with Crippen molar-refractivity contribution in [2.75, 3.05) is 13.1 Å². The van der Waals surface area contributed by atoms with Gasteiger partial charge in [-0.15, -0.1) is 0 Å². The molecule has 0 unspecified atom stereocenters. The number of benzene rings is 1. The Hall–Kier alpha value is -2.14. The summed E-state index contributed by atoms with van der Waals surface area (Å²) in [5.74, 6) is -0.0777. The lowest BCUT2D eigenvalue weighted by atomic mass is 9.91. The van der Waals surface area contributed by atoms with E-state index < -0.39 is 0 Å². The molecule has 0 spiro atoms. The van der Waals surface area contributed by atoms with Gasteiger partial charge in [-0.1, -0.05) is 24.6 Å². The van der Waals surface area contributed by atoms with Gasteiger partial charge in [0.25, 0.3) is 5.91 Å². The van der Waals surface area contributed by atoms with Gasteiger partial charge >= 0.3 is 0 Å². The lowest BCUT2D eigenvalue weighted by molar-refractivity contribution is 0.0941. The molecule has 2 heterocycles. The Bertz CT molecular complexity index is 763. The van der Waals surface area contributed by atoms with E-state index in [2.05, 4.69) is 33.5 Å². The van der Waals surface area contributed by atoms with Crippen LogP contribution in [0.3, 0.4) is 0 Å². The summed E-state index contributed by atoms with van der Waals surface area (Å²) in [7, 11) is 1.78. The van der Waals surface area contributed by atoms with Crippen molar-refractivity contribution in [2.45, 2.75) is 44.7 Å². The summed E-state index contributed by atoms with van der Waals surface area (Å²) < 4.78 is 1.60. The molecule has 5 heteroatoms. The van der Waals surface area contributed by atoms with Gasteiger partial charge in [-0.3, -0.25) is 14.4 Å². The number of aromatic nitrogens is 2. The van der Waals surface area contributed by atoms with Gasteiger partial charge in [0, 0.05) is 38.9 Å². The fourth-order valence-electron chi connectivity index (χ4n) is 3.89. The van der Waals surface area contributed by atoms with Crippen LogP contribution >= 0.6 is 0 Å². The third kappa shape index (κ3) is 3.47. The van der Waals surface area contributed by atoms with Crippen molar-refractivity contribution in [3.8, 4) is 0 Å². The molecule has 1 amide bonds. The van der Waals surface area contributed by atoms with Crippen molar-refractivity contribution in [1.82, 2.24) is 20.0 Å². The number of fused-ring (bicyclic) bond motifs is 1. The molecule has 1 aliphatic heterocycles. The third-order valence-corrected chi connectivity index (χ3v) is 5.71. The van der Waals surface area contributed by atoms with E-state index in [-0.39, 0.29) is 5.91 Å². The van der Waals surface area contributed by atoms with Crippen LogP contribution in [0.4, 0.5) is 0 Å². The van der Waals surface area contributed by atoms with Crippen LogP contribution in [0.1, 0.15) is 46.4 Å². The Morgan fingerprint density at radius 2 is 2.00 bits per heavy atom. The Labute approximate surface area is 149 Å². The zero-order valence-electron chi connectivity index (χ0n) is 14.9. The lowest BCUT2D eigenvalue weighted by Gasteiger charge is -2.36. The topological polar surface area (TPSA) is 50.2 Å². The van der Waals surface area contributed by atoms with Gasteiger partial charge < -0.3 is 5.32 Å². The Morgan fingerprint density at radius 3 is 2.68 bits per heavy atom. The molecule has 0 radical (unpaired) electrons. The molecule has 0 saturated heterocycles. The number of nitrogens with zero attached hydrogens (tertiary/aromatic N) is 3. The second-order valence-corrected chi connectivity index (χ2v) is 7.25. The molecule has 4 rings (SSSR count). The van der Waals surface area contributed by atoms with Crippen LogP contribution < -0.4 is 5.32 Å². The standard InChI is InChI=1S/C20H26N4O/c1-23-19(7-10-22-23)20(25)21-14-15-5-6-16-8-11-24(18-3-2-4-18)12-9-17(16)13-15/h5-7,10,13,18H,2-4,8-9,11-12,14H2,1H3,(H,21,25). The van der Waals surface area contributed by atoms with E-state index in [4.69, 9.17) is 0 Å². The number of nitrogens with one attached hydrogen (secondary N) is 1. The highest BCUT2D eigenvalue weighted by Gasteiger charge is 2.26. The lowest BCUT2D eigenvalue weighted by Crippen LogP contribution is -2.41. The van der Waals surface area contributed by atoms with E-state index in [9.17, 15) is 4.79 Å². The highest BCUT2D eigenvalue weighted by molar-refractivity contribution is 5.92. The summed E-state index contributed by atoms with van der Waals surface area (Å²) in [5.41, 5.74) is 4.69. The molecule has 1 aromatic carbocycles. The molecule has 5 nitrogen and oxygen atoms in total. The molecule has 1 aromatic heterocycles. The molecule has 2 aliphatic rings. The Balaban J connectivity index is 1.39. The molecule has 0 atom stereocenters. The van der Waals surface area contributed by atoms with E-state index in [1.165, 1.54) is 49.0 Å². The molecule has 25 heavy (non-hydrogen) atoms. The monoisotopic (exact) mass is 338 g/mol. The van der Waals surface area contributed by atoms with Gasteiger partial charge in [-0.05, 0) is 48.4 Å². The summed E-state index contributed by atoms with van der Waals surface area (Å²) in [6.07, 6.45) is 8.06. The van der Waals surface area contributed by atoms with Gasteiger partial charge in [-0.2, -0.15) is 5.10 Å². The first-order valence-corrected chi connectivity index (χ1v) is 9.31. The van der Waals surface area contributed by atoms with Gasteiger partial charge in [0.15, 0.2) is 0 Å². The molecular weight excluding hydrogens is 312 g/mol. The first kappa shape index (κ1) is 16.3. The van der Waals surface area contributed by atoms with Crippen LogP contribution in [-0.4, -0.2) is 39.7 Å². The second kappa shape index (κ2) is 7.00. The first-order valence-electron chi connectivity index (χ1n) is 9.31. The quantitative estimate of drug-likeness (QED) is 0.931. The average Bonchev–Trinajstić information content (AvgIpc) is 2.89. The molecule has 1 fully saturated rings. The van der Waals surface area contributed by atoms with E-state index in [1.807, 2.05) is 0 Å². The maximum absolute atomic E-state index is 12.2. The van der Waals surface area contributed by atoms with Crippen LogP contribution in [-0.2, 0) is 26.4 Å². The van der Waals surface area contributed by atoms with E-state index in [1.54, 1.807) is 24.0 Å². The van der Waals surface area contributed by atoms with Crippen molar-refractivity contribution >= 4 is 5.91 Å². The van der Waals surface area contributed by atoms with Gasteiger partial charge in [0.05, 0.1) is 0 Å². The van der Waals surface area contributed by atoms with Crippen LogP contribution in [0.15, 0.2) is 30.5 Å². The first-order chi connectivity index (χ1) is 12.2. The number of hydrogen-bond donors (Lipinski definition) is 1. The number of rotatable bonds is 4. The van der Waals surface area contributed by atoms with E-state index in [0.717, 1.165) is 18.9 Å². The zero-order chi connectivity index (χ0) is 17.2. The van der Waals surface area contributed by atoms with Gasteiger partial charge in [-0.25, -0.2) is 0 Å². The number of carbonyl (C=O) groups is 1. The molecule has 1 saturated carbocycles. The summed E-state index contributed by atoms with van der Waals surface area (Å²) >= 11 is 0. The fraction of sp³-hybridized carbons (Fsp3) is 0.500. The zero-order valence-corrected chi connectivity index (χ0v) is 14.9. The Morgan fingerprint density at radius 1 is 1.20 bits per heavy atom. The van der Waals surface area contributed by atoms with Crippen LogP contribution in [0.2, 0.25) is 0 Å². The maximum atomic E-state index is 12.2. The normalized spacial score (nSPS) is 18.3. The maximum Gasteiger partial charge on any atom is 0.269 e. The molecule has 1 aliphatic carbocycles. The average molecular weight is 338 g/mol. The molecule has 132 valence electrons. The van der Waals surface area contributed by atoms with Crippen molar-refractivity contribution < 1.29 is 4.79 Å². The summed E-state index contributed by atoms with van der Waals surface area (Å²) in [6, 6.07) is 9.25. The number of hydrogen-bond acceptors (Lipinski definition) is 3. The van der Waals surface area contributed by atoms with Crippen molar-refractivity contribution in [1.29, 1.82) is 0 Å². The predicted octanol–water partition coefficient (Wildman–Crippen LogP) is 2.30. The highest BCUT2D eigenvalue weighted by Crippen LogP contribution is 2.27. The highest BCUT2D eigenvalue weighted by atomic mass is 16.2. The van der Waals surface area contributed by atoms with Crippen LogP contribution in [0, 0.1) is 0 Å². The third-order valence-electron chi connectivity index (χ3n) is 5.71. The van der Waals surface area contributed by atoms with E-state index in [0.29, 0.717) is 12.2 Å². The van der Waals surface area contributed by atoms with Gasteiger partial charge in [0.2, 0.25) is 0 Å². The van der Waals surface area contributed by atoms with Crippen LogP contribution in [0.25, 0.3) is 0 Å². The minimum atomic E-state index is -0.0777. The smallest absolute Gasteiger partial charge is 0.269 e. The SMILES string of the molecule is Cn1nccc1C(=O)NCc1ccc2c(c1)CCN(C1CCC1)CC2. The molecule has 2 aromatic rings. The largest absolute Gasteiger partial charge is 0.347 e. The summed E-state index contributed by atoms with van der Waals surface area (Å²) in [6.45, 7) is 2.92. The van der Waals surface area contributed by atoms with Crippen molar-refractivity contribution in [2.24, 2.45) is 7.05 Å². The summed E-state index contributed by atoms with van der Waals surface area (Å²) in [4.78, 5) is 14.9. The van der Waals surface area contributed by atoms with Crippen molar-refractivity contribution in [3.63, 3.8) is 0 Å². The van der Waals surface area contributed by atoms with Gasteiger partial charge in [0.1, 0.15) is 5.69 Å². The summed E-state index contributed by atoms with van der Waals surface area (Å²) in [5, 5.41) is 7.04. The fourth-order valence-corrected chi connectivity index (χ4v) is 3.89. The number of aryl methyl sites for hydroxylation is 1. The molecular formula is C20H26N4O. The number of carbonyl (C=O) groups excluding carboxylic acids is 1. The van der Waals surface area contributed by atoms with E-state index >= 15 is 0 Å². The molecule has 0 bridgehead atoms.